The van der Waals surface area contributed by atoms with Gasteiger partial charge in [-0.2, -0.15) is 5.26 Å². The molecule has 2 N–H and O–H groups in total. The van der Waals surface area contributed by atoms with E-state index < -0.39 is 0 Å². The van der Waals surface area contributed by atoms with E-state index >= 15 is 0 Å². The Bertz CT molecular complexity index is 678. The summed E-state index contributed by atoms with van der Waals surface area (Å²) in [6, 6.07) is 12.5. The normalized spacial score (nSPS) is 9.71. The summed E-state index contributed by atoms with van der Waals surface area (Å²) in [5.41, 5.74) is 1.19. The van der Waals surface area contributed by atoms with Gasteiger partial charge in [0, 0.05) is 18.7 Å². The van der Waals surface area contributed by atoms with Gasteiger partial charge in [0.05, 0.1) is 0 Å². The predicted octanol–water partition coefficient (Wildman–Crippen LogP) is 2.10. The number of carbonyl (C=O) groups is 1. The summed E-state index contributed by atoms with van der Waals surface area (Å²) in [6.45, 7) is 2.30. The summed E-state index contributed by atoms with van der Waals surface area (Å²) >= 11 is 0. The summed E-state index contributed by atoms with van der Waals surface area (Å²) in [7, 11) is 0. The molecule has 0 aliphatic heterocycles. The minimum atomic E-state index is -0.128. The summed E-state index contributed by atoms with van der Waals surface area (Å²) < 4.78 is 0. The van der Waals surface area contributed by atoms with Gasteiger partial charge in [0.2, 0.25) is 5.91 Å². The molecule has 0 spiro atoms. The zero-order valence-electron chi connectivity index (χ0n) is 11.6. The quantitative estimate of drug-likeness (QED) is 0.875. The van der Waals surface area contributed by atoms with E-state index in [0.29, 0.717) is 23.9 Å². The van der Waals surface area contributed by atoms with Crippen molar-refractivity contribution in [3.8, 4) is 6.07 Å². The van der Waals surface area contributed by atoms with Gasteiger partial charge in [-0.25, -0.2) is 9.97 Å². The van der Waals surface area contributed by atoms with Gasteiger partial charge in [0.1, 0.15) is 23.4 Å². The fourth-order valence-electron chi connectivity index (χ4n) is 1.72. The first-order valence-corrected chi connectivity index (χ1v) is 6.52. The van der Waals surface area contributed by atoms with Gasteiger partial charge in [-0.15, -0.1) is 0 Å². The zero-order valence-corrected chi connectivity index (χ0v) is 11.6. The van der Waals surface area contributed by atoms with E-state index in [4.69, 9.17) is 5.26 Å². The Morgan fingerprint density at radius 3 is 2.71 bits per heavy atom. The lowest BCUT2D eigenvalue weighted by Crippen LogP contribution is -2.17. The van der Waals surface area contributed by atoms with Crippen molar-refractivity contribution in [3.05, 3.63) is 47.8 Å². The van der Waals surface area contributed by atoms with Crippen LogP contribution >= 0.6 is 0 Å². The molecule has 0 saturated heterocycles. The second kappa shape index (κ2) is 7.01. The molecular weight excluding hydrogens is 266 g/mol. The predicted molar refractivity (Wildman–Crippen MR) is 79.7 cm³/mol. The minimum Gasteiger partial charge on any atom is -0.370 e. The van der Waals surface area contributed by atoms with Crippen LogP contribution in [0.25, 0.3) is 0 Å². The SMILES string of the molecule is Cc1cccc(NC(=O)CCNc2cccc(C#N)n2)n1. The first-order chi connectivity index (χ1) is 10.2. The molecular formula is C15H15N5O. The van der Waals surface area contributed by atoms with Crippen LogP contribution < -0.4 is 10.6 Å². The number of hydrogen-bond acceptors (Lipinski definition) is 5. The summed E-state index contributed by atoms with van der Waals surface area (Å²) in [5, 5.41) is 14.5. The standard InChI is InChI=1S/C15H15N5O/c1-11-4-2-7-14(18-11)20-15(21)8-9-17-13-6-3-5-12(10-16)19-13/h2-7H,8-9H2,1H3,(H,17,19)(H,18,20,21). The molecule has 0 aliphatic carbocycles. The molecule has 2 rings (SSSR count). The summed E-state index contributed by atoms with van der Waals surface area (Å²) in [4.78, 5) is 20.0. The number of nitrogens with zero attached hydrogens (tertiary/aromatic N) is 3. The van der Waals surface area contributed by atoms with E-state index in [-0.39, 0.29) is 12.3 Å². The number of carbonyl (C=O) groups excluding carboxylic acids is 1. The molecule has 0 saturated carbocycles. The molecule has 0 radical (unpaired) electrons. The number of aromatic nitrogens is 2. The number of amides is 1. The summed E-state index contributed by atoms with van der Waals surface area (Å²) in [5.74, 6) is 0.997. The van der Waals surface area contributed by atoms with E-state index in [1.807, 2.05) is 25.1 Å². The van der Waals surface area contributed by atoms with E-state index in [9.17, 15) is 4.79 Å². The second-order valence-corrected chi connectivity index (χ2v) is 4.41. The number of rotatable bonds is 5. The second-order valence-electron chi connectivity index (χ2n) is 4.41. The lowest BCUT2D eigenvalue weighted by Gasteiger charge is -2.07. The molecule has 21 heavy (non-hydrogen) atoms. The lowest BCUT2D eigenvalue weighted by molar-refractivity contribution is -0.116. The smallest absolute Gasteiger partial charge is 0.227 e. The zero-order chi connectivity index (χ0) is 15.1. The van der Waals surface area contributed by atoms with Crippen LogP contribution in [0.2, 0.25) is 0 Å². The van der Waals surface area contributed by atoms with Crippen molar-refractivity contribution in [2.24, 2.45) is 0 Å². The van der Waals surface area contributed by atoms with Gasteiger partial charge in [-0.05, 0) is 31.2 Å². The average molecular weight is 281 g/mol. The minimum absolute atomic E-state index is 0.128. The third-order valence-electron chi connectivity index (χ3n) is 2.68. The van der Waals surface area contributed by atoms with E-state index in [0.717, 1.165) is 5.69 Å². The molecule has 0 fully saturated rings. The molecule has 106 valence electrons. The number of anilines is 2. The topological polar surface area (TPSA) is 90.7 Å². The Balaban J connectivity index is 1.80. The molecule has 0 aromatic carbocycles. The molecule has 1 amide bonds. The number of nitrogens with one attached hydrogen (secondary N) is 2. The van der Waals surface area contributed by atoms with E-state index in [2.05, 4.69) is 20.6 Å². The van der Waals surface area contributed by atoms with Crippen LogP contribution in [0.4, 0.5) is 11.6 Å². The largest absolute Gasteiger partial charge is 0.370 e. The van der Waals surface area contributed by atoms with Crippen molar-refractivity contribution < 1.29 is 4.79 Å². The van der Waals surface area contributed by atoms with Gasteiger partial charge in [-0.1, -0.05) is 12.1 Å². The lowest BCUT2D eigenvalue weighted by atomic mass is 10.3. The molecule has 6 nitrogen and oxygen atoms in total. The highest BCUT2D eigenvalue weighted by atomic mass is 16.1. The highest BCUT2D eigenvalue weighted by molar-refractivity contribution is 5.90. The molecule has 0 aliphatic rings. The Labute approximate surface area is 122 Å². The Hall–Kier alpha value is -2.94. The van der Waals surface area contributed by atoms with Crippen molar-refractivity contribution in [1.82, 2.24) is 9.97 Å². The van der Waals surface area contributed by atoms with Crippen molar-refractivity contribution in [2.45, 2.75) is 13.3 Å². The molecule has 0 atom stereocenters. The van der Waals surface area contributed by atoms with Gasteiger partial charge < -0.3 is 10.6 Å². The number of nitriles is 1. The average Bonchev–Trinajstić information content (AvgIpc) is 2.47. The van der Waals surface area contributed by atoms with Gasteiger partial charge in [0.25, 0.3) is 0 Å². The number of aryl methyl sites for hydroxylation is 1. The van der Waals surface area contributed by atoms with Crippen LogP contribution in [0.3, 0.4) is 0 Å². The van der Waals surface area contributed by atoms with Crippen molar-refractivity contribution in [2.75, 3.05) is 17.2 Å². The van der Waals surface area contributed by atoms with Crippen LogP contribution in [0.1, 0.15) is 17.8 Å². The first kappa shape index (κ1) is 14.5. The number of pyridine rings is 2. The van der Waals surface area contributed by atoms with Crippen LogP contribution in [0.5, 0.6) is 0 Å². The Morgan fingerprint density at radius 1 is 1.19 bits per heavy atom. The fourth-order valence-corrected chi connectivity index (χ4v) is 1.72. The molecule has 2 heterocycles. The maximum atomic E-state index is 11.8. The van der Waals surface area contributed by atoms with Crippen molar-refractivity contribution >= 4 is 17.5 Å². The van der Waals surface area contributed by atoms with Gasteiger partial charge in [0.15, 0.2) is 0 Å². The highest BCUT2D eigenvalue weighted by Gasteiger charge is 2.04. The van der Waals surface area contributed by atoms with Crippen LogP contribution in [-0.2, 0) is 4.79 Å². The maximum absolute atomic E-state index is 11.8. The fraction of sp³-hybridized carbons (Fsp3) is 0.200. The van der Waals surface area contributed by atoms with E-state index in [1.165, 1.54) is 0 Å². The third kappa shape index (κ3) is 4.58. The summed E-state index contributed by atoms with van der Waals surface area (Å²) in [6.07, 6.45) is 0.286. The third-order valence-corrected chi connectivity index (χ3v) is 2.68. The Morgan fingerprint density at radius 2 is 1.95 bits per heavy atom. The molecule has 0 unspecified atom stereocenters. The number of hydrogen-bond donors (Lipinski definition) is 2. The Kier molecular flexibility index (Phi) is 4.83. The molecule has 0 bridgehead atoms. The molecule has 2 aromatic rings. The van der Waals surface area contributed by atoms with Gasteiger partial charge in [-0.3, -0.25) is 4.79 Å². The molecule has 2 aromatic heterocycles. The van der Waals surface area contributed by atoms with Crippen LogP contribution in [0.15, 0.2) is 36.4 Å². The van der Waals surface area contributed by atoms with Crippen molar-refractivity contribution in [1.29, 1.82) is 5.26 Å². The monoisotopic (exact) mass is 281 g/mol. The van der Waals surface area contributed by atoms with Crippen LogP contribution in [-0.4, -0.2) is 22.4 Å². The van der Waals surface area contributed by atoms with Crippen molar-refractivity contribution in [3.63, 3.8) is 0 Å². The first-order valence-electron chi connectivity index (χ1n) is 6.52. The molecule has 6 heteroatoms. The van der Waals surface area contributed by atoms with E-state index in [1.54, 1.807) is 24.3 Å². The highest BCUT2D eigenvalue weighted by Crippen LogP contribution is 2.06. The van der Waals surface area contributed by atoms with Crippen LogP contribution in [0, 0.1) is 18.3 Å². The van der Waals surface area contributed by atoms with Gasteiger partial charge >= 0.3 is 0 Å². The maximum Gasteiger partial charge on any atom is 0.227 e.